The highest BCUT2D eigenvalue weighted by molar-refractivity contribution is 5.98. The zero-order chi connectivity index (χ0) is 17.5. The van der Waals surface area contributed by atoms with Gasteiger partial charge in [-0.05, 0) is 26.7 Å². The zero-order valence-electron chi connectivity index (χ0n) is 13.6. The van der Waals surface area contributed by atoms with Crippen molar-refractivity contribution >= 4 is 11.9 Å². The molecule has 2 aliphatic heterocycles. The van der Waals surface area contributed by atoms with Crippen molar-refractivity contribution in [3.05, 3.63) is 22.7 Å². The van der Waals surface area contributed by atoms with Crippen LogP contribution in [-0.4, -0.2) is 18.5 Å². The van der Waals surface area contributed by atoms with Gasteiger partial charge in [0, 0.05) is 11.8 Å². The van der Waals surface area contributed by atoms with E-state index in [9.17, 15) is 15.3 Å². The van der Waals surface area contributed by atoms with Gasteiger partial charge < -0.3 is 15.2 Å². The SMILES string of the molecule is CCOC(=O)C1=C(C)OC2=NC(N)=C(C#N)[C@@H]3CCC[C@H]1[C@]23C#N. The predicted molar refractivity (Wildman–Crippen MR) is 83.6 cm³/mol. The number of hydrogen-bond donors (Lipinski definition) is 1. The lowest BCUT2D eigenvalue weighted by molar-refractivity contribution is -0.140. The first-order chi connectivity index (χ1) is 11.5. The van der Waals surface area contributed by atoms with Gasteiger partial charge >= 0.3 is 5.97 Å². The summed E-state index contributed by atoms with van der Waals surface area (Å²) in [5.74, 6) is -0.633. The maximum Gasteiger partial charge on any atom is 0.337 e. The van der Waals surface area contributed by atoms with Gasteiger partial charge in [-0.3, -0.25) is 0 Å². The number of nitriles is 2. The highest BCUT2D eigenvalue weighted by Crippen LogP contribution is 2.57. The Labute approximate surface area is 140 Å². The van der Waals surface area contributed by atoms with Gasteiger partial charge in [0.2, 0.25) is 5.90 Å². The van der Waals surface area contributed by atoms with Crippen LogP contribution in [0.4, 0.5) is 0 Å². The Morgan fingerprint density at radius 1 is 1.46 bits per heavy atom. The molecule has 3 atom stereocenters. The van der Waals surface area contributed by atoms with E-state index < -0.39 is 23.2 Å². The van der Waals surface area contributed by atoms with Crippen LogP contribution in [0.25, 0.3) is 0 Å². The molecule has 1 aliphatic carbocycles. The molecule has 0 saturated heterocycles. The van der Waals surface area contributed by atoms with Crippen LogP contribution in [0.2, 0.25) is 0 Å². The van der Waals surface area contributed by atoms with Gasteiger partial charge in [0.25, 0.3) is 0 Å². The second-order valence-electron chi connectivity index (χ2n) is 6.14. The number of allylic oxidation sites excluding steroid dienone is 2. The number of rotatable bonds is 2. The van der Waals surface area contributed by atoms with E-state index in [2.05, 4.69) is 17.1 Å². The molecular weight excluding hydrogens is 308 g/mol. The maximum absolute atomic E-state index is 12.4. The number of esters is 1. The van der Waals surface area contributed by atoms with Crippen LogP contribution in [0, 0.1) is 39.9 Å². The lowest BCUT2D eigenvalue weighted by Crippen LogP contribution is -2.54. The van der Waals surface area contributed by atoms with Crippen molar-refractivity contribution in [2.45, 2.75) is 33.1 Å². The molecule has 2 heterocycles. The monoisotopic (exact) mass is 326 g/mol. The standard InChI is InChI=1S/C17H18N4O3/c1-3-23-15(22)13-9(2)24-16-17(8-19)11(5-4-6-12(13)17)10(7-18)14(20)21-16/h11-12H,3-6,20H2,1-2H3/t11-,12+,17+/m0/s1. The molecule has 0 spiro atoms. The van der Waals surface area contributed by atoms with E-state index in [1.54, 1.807) is 13.8 Å². The van der Waals surface area contributed by atoms with Crippen molar-refractivity contribution in [1.82, 2.24) is 0 Å². The minimum absolute atomic E-state index is 0.0939. The third kappa shape index (κ3) is 1.94. The van der Waals surface area contributed by atoms with E-state index in [0.29, 0.717) is 29.7 Å². The van der Waals surface area contributed by atoms with Crippen LogP contribution < -0.4 is 5.73 Å². The molecule has 0 aromatic rings. The Balaban J connectivity index is 2.22. The van der Waals surface area contributed by atoms with Crippen molar-refractivity contribution in [2.75, 3.05) is 6.61 Å². The Morgan fingerprint density at radius 3 is 2.79 bits per heavy atom. The van der Waals surface area contributed by atoms with E-state index in [-0.39, 0.29) is 18.3 Å². The van der Waals surface area contributed by atoms with Crippen molar-refractivity contribution in [3.8, 4) is 12.1 Å². The van der Waals surface area contributed by atoms with Crippen molar-refractivity contribution in [1.29, 1.82) is 10.5 Å². The van der Waals surface area contributed by atoms with Gasteiger partial charge in [0.05, 0.1) is 29.9 Å². The third-order valence-electron chi connectivity index (χ3n) is 5.06. The van der Waals surface area contributed by atoms with Crippen LogP contribution in [0.5, 0.6) is 0 Å². The molecule has 7 heteroatoms. The van der Waals surface area contributed by atoms with Crippen LogP contribution in [0.1, 0.15) is 33.1 Å². The lowest BCUT2D eigenvalue weighted by Gasteiger charge is -2.49. The van der Waals surface area contributed by atoms with Gasteiger partial charge in [-0.25, -0.2) is 4.79 Å². The molecule has 24 heavy (non-hydrogen) atoms. The molecule has 2 N–H and O–H groups in total. The quantitative estimate of drug-likeness (QED) is 0.773. The first kappa shape index (κ1) is 16.1. The average molecular weight is 326 g/mol. The fraction of sp³-hybridized carbons (Fsp3) is 0.529. The topological polar surface area (TPSA) is 121 Å². The van der Waals surface area contributed by atoms with E-state index in [1.165, 1.54) is 0 Å². The summed E-state index contributed by atoms with van der Waals surface area (Å²) in [5.41, 5.74) is 5.41. The summed E-state index contributed by atoms with van der Waals surface area (Å²) in [6, 6.07) is 4.41. The summed E-state index contributed by atoms with van der Waals surface area (Å²) in [4.78, 5) is 16.6. The van der Waals surface area contributed by atoms with Crippen LogP contribution in [-0.2, 0) is 14.3 Å². The second-order valence-corrected chi connectivity index (χ2v) is 6.14. The van der Waals surface area contributed by atoms with Crippen LogP contribution in [0.3, 0.4) is 0 Å². The zero-order valence-corrected chi connectivity index (χ0v) is 13.6. The molecule has 0 amide bonds. The Morgan fingerprint density at radius 2 is 2.17 bits per heavy atom. The Kier molecular flexibility index (Phi) is 3.81. The Hall–Kier alpha value is -2.80. The van der Waals surface area contributed by atoms with Crippen molar-refractivity contribution < 1.29 is 14.3 Å². The first-order valence-electron chi connectivity index (χ1n) is 7.97. The highest BCUT2D eigenvalue weighted by Gasteiger charge is 2.61. The minimum Gasteiger partial charge on any atom is -0.463 e. The number of aliphatic imine (C=N–C) groups is 1. The molecular formula is C17H18N4O3. The summed E-state index contributed by atoms with van der Waals surface area (Å²) in [7, 11) is 0. The lowest BCUT2D eigenvalue weighted by atomic mass is 9.55. The number of ether oxygens (including phenoxy) is 2. The predicted octanol–water partition coefficient (Wildman–Crippen LogP) is 1.89. The van der Waals surface area contributed by atoms with Crippen LogP contribution in [0.15, 0.2) is 27.7 Å². The molecule has 0 bridgehead atoms. The Bertz CT molecular complexity index is 781. The molecule has 1 saturated carbocycles. The summed E-state index contributed by atoms with van der Waals surface area (Å²) in [6.07, 6.45) is 2.04. The van der Waals surface area contributed by atoms with Crippen molar-refractivity contribution in [2.24, 2.45) is 28.0 Å². The minimum atomic E-state index is -1.17. The van der Waals surface area contributed by atoms with Gasteiger partial charge in [0.1, 0.15) is 17.0 Å². The summed E-state index contributed by atoms with van der Waals surface area (Å²) < 4.78 is 10.9. The maximum atomic E-state index is 12.4. The third-order valence-corrected chi connectivity index (χ3v) is 5.06. The number of nitrogens with two attached hydrogens (primary N) is 1. The highest BCUT2D eigenvalue weighted by atomic mass is 16.5. The molecule has 3 aliphatic rings. The second kappa shape index (κ2) is 5.68. The van der Waals surface area contributed by atoms with Crippen molar-refractivity contribution in [3.63, 3.8) is 0 Å². The van der Waals surface area contributed by atoms with E-state index in [0.717, 1.165) is 6.42 Å². The fourth-order valence-corrected chi connectivity index (χ4v) is 4.09. The van der Waals surface area contributed by atoms with Gasteiger partial charge in [-0.1, -0.05) is 6.42 Å². The molecule has 0 aromatic heterocycles. The molecule has 0 unspecified atom stereocenters. The van der Waals surface area contributed by atoms with E-state index in [4.69, 9.17) is 15.2 Å². The van der Waals surface area contributed by atoms with Crippen LogP contribution >= 0.6 is 0 Å². The number of hydrogen-bond acceptors (Lipinski definition) is 7. The molecule has 3 rings (SSSR count). The first-order valence-corrected chi connectivity index (χ1v) is 7.97. The van der Waals surface area contributed by atoms with E-state index in [1.807, 2.05) is 0 Å². The largest absolute Gasteiger partial charge is 0.463 e. The molecule has 1 fully saturated rings. The summed E-state index contributed by atoms with van der Waals surface area (Å²) in [5, 5.41) is 19.5. The molecule has 0 radical (unpaired) electrons. The van der Waals surface area contributed by atoms with Gasteiger partial charge in [0.15, 0.2) is 0 Å². The number of carbonyl (C=O) groups excluding carboxylic acids is 1. The molecule has 0 aromatic carbocycles. The summed E-state index contributed by atoms with van der Waals surface area (Å²) >= 11 is 0. The normalized spacial score (nSPS) is 31.2. The summed E-state index contributed by atoms with van der Waals surface area (Å²) in [6.45, 7) is 3.63. The smallest absolute Gasteiger partial charge is 0.337 e. The number of carbonyl (C=O) groups is 1. The van der Waals surface area contributed by atoms with Gasteiger partial charge in [-0.15, -0.1) is 0 Å². The van der Waals surface area contributed by atoms with E-state index >= 15 is 0 Å². The fourth-order valence-electron chi connectivity index (χ4n) is 4.09. The van der Waals surface area contributed by atoms with Gasteiger partial charge in [-0.2, -0.15) is 15.5 Å². The molecule has 124 valence electrons. The number of nitrogens with zero attached hydrogens (tertiary/aromatic N) is 3. The molecule has 7 nitrogen and oxygen atoms in total. The average Bonchev–Trinajstić information content (AvgIpc) is 2.55.